The molecule has 1 N–H and O–H groups in total. The fourth-order valence-corrected chi connectivity index (χ4v) is 3.60. The largest absolute Gasteiger partial charge is 0.503 e. The number of hydrogen-bond acceptors (Lipinski definition) is 2. The molecule has 0 radical (unpaired) electrons. The van der Waals surface area contributed by atoms with E-state index in [2.05, 4.69) is 0 Å². The fourth-order valence-electron chi connectivity index (χ4n) is 3.60. The summed E-state index contributed by atoms with van der Waals surface area (Å²) >= 11 is 0. The molecule has 3 aromatic carbocycles. The van der Waals surface area contributed by atoms with Gasteiger partial charge in [0.25, 0.3) is 5.91 Å². The minimum Gasteiger partial charge on any atom is -0.503 e. The molecule has 1 aliphatic heterocycles. The first kappa shape index (κ1) is 17.1. The molecule has 4 rings (SSSR count). The van der Waals surface area contributed by atoms with Gasteiger partial charge in [0.05, 0.1) is 6.04 Å². The standard InChI is InChI=1S/C24H21NO2/c1-17-12-14-18(15-13-17)16-25-22(20-10-6-3-7-11-20)21(23(26)24(25)27)19-8-4-2-5-9-19/h2-15,22,26H,16H2,1H3/t22-/m1/s1. The molecule has 3 aromatic rings. The first-order chi connectivity index (χ1) is 13.1. The molecular formula is C24H21NO2. The van der Waals surface area contributed by atoms with Gasteiger partial charge in [-0.2, -0.15) is 0 Å². The van der Waals surface area contributed by atoms with Crippen LogP contribution in [0.25, 0.3) is 5.57 Å². The number of aliphatic hydroxyl groups excluding tert-OH is 1. The molecule has 3 nitrogen and oxygen atoms in total. The molecule has 0 unspecified atom stereocenters. The number of amides is 1. The highest BCUT2D eigenvalue weighted by Crippen LogP contribution is 2.43. The Kier molecular flexibility index (Phi) is 4.51. The van der Waals surface area contributed by atoms with E-state index in [-0.39, 0.29) is 17.7 Å². The van der Waals surface area contributed by atoms with Crippen LogP contribution in [0.2, 0.25) is 0 Å². The highest BCUT2D eigenvalue weighted by Gasteiger charge is 2.40. The zero-order chi connectivity index (χ0) is 18.8. The third kappa shape index (κ3) is 3.24. The molecular weight excluding hydrogens is 334 g/mol. The zero-order valence-electron chi connectivity index (χ0n) is 15.2. The summed E-state index contributed by atoms with van der Waals surface area (Å²) in [5.74, 6) is -0.495. The van der Waals surface area contributed by atoms with Gasteiger partial charge in [-0.05, 0) is 23.6 Å². The monoisotopic (exact) mass is 355 g/mol. The molecule has 1 amide bonds. The summed E-state index contributed by atoms with van der Waals surface area (Å²) < 4.78 is 0. The maximum absolute atomic E-state index is 13.0. The van der Waals surface area contributed by atoms with E-state index in [1.54, 1.807) is 4.90 Å². The molecule has 1 atom stereocenters. The van der Waals surface area contributed by atoms with E-state index >= 15 is 0 Å². The van der Waals surface area contributed by atoms with E-state index in [1.165, 1.54) is 5.56 Å². The summed E-state index contributed by atoms with van der Waals surface area (Å²) in [5, 5.41) is 10.7. The molecule has 0 aromatic heterocycles. The molecule has 27 heavy (non-hydrogen) atoms. The van der Waals surface area contributed by atoms with Gasteiger partial charge in [-0.25, -0.2) is 0 Å². The minimum absolute atomic E-state index is 0.165. The Labute approximate surface area is 159 Å². The van der Waals surface area contributed by atoms with Crippen LogP contribution in [0, 0.1) is 6.92 Å². The number of aryl methyl sites for hydroxylation is 1. The third-order valence-corrected chi connectivity index (χ3v) is 4.98. The number of rotatable bonds is 4. The van der Waals surface area contributed by atoms with E-state index in [0.717, 1.165) is 16.7 Å². The van der Waals surface area contributed by atoms with E-state index in [9.17, 15) is 9.90 Å². The Bertz CT molecular complexity index is 976. The maximum atomic E-state index is 13.0. The van der Waals surface area contributed by atoms with E-state index in [4.69, 9.17) is 0 Å². The second-order valence-corrected chi connectivity index (χ2v) is 6.86. The Balaban J connectivity index is 1.79. The smallest absolute Gasteiger partial charge is 0.290 e. The van der Waals surface area contributed by atoms with Gasteiger partial charge in [0.2, 0.25) is 0 Å². The number of hydrogen-bond donors (Lipinski definition) is 1. The molecule has 0 saturated carbocycles. The van der Waals surface area contributed by atoms with Crippen molar-refractivity contribution in [3.8, 4) is 0 Å². The van der Waals surface area contributed by atoms with Crippen molar-refractivity contribution in [2.75, 3.05) is 0 Å². The molecule has 134 valence electrons. The summed E-state index contributed by atoms with van der Waals surface area (Å²) in [6, 6.07) is 27.3. The average Bonchev–Trinajstić information content (AvgIpc) is 2.96. The van der Waals surface area contributed by atoms with Crippen LogP contribution in [0.1, 0.15) is 28.3 Å². The second kappa shape index (κ2) is 7.12. The lowest BCUT2D eigenvalue weighted by molar-refractivity contribution is -0.130. The van der Waals surface area contributed by atoms with Crippen LogP contribution in [0.4, 0.5) is 0 Å². The molecule has 0 saturated heterocycles. The summed E-state index contributed by atoms with van der Waals surface area (Å²) in [4.78, 5) is 14.7. The van der Waals surface area contributed by atoms with Crippen LogP contribution in [0.3, 0.4) is 0 Å². The number of carbonyl (C=O) groups is 1. The SMILES string of the molecule is Cc1ccc(CN2C(=O)C(O)=C(c3ccccc3)[C@H]2c2ccccc2)cc1. The predicted octanol–water partition coefficient (Wildman–Crippen LogP) is 5.05. The van der Waals surface area contributed by atoms with Gasteiger partial charge in [-0.15, -0.1) is 0 Å². The predicted molar refractivity (Wildman–Crippen MR) is 107 cm³/mol. The van der Waals surface area contributed by atoms with Crippen molar-refractivity contribution < 1.29 is 9.90 Å². The summed E-state index contributed by atoms with van der Waals surface area (Å²) in [6.07, 6.45) is 0. The first-order valence-corrected chi connectivity index (χ1v) is 9.05. The van der Waals surface area contributed by atoms with Crippen molar-refractivity contribution in [2.24, 2.45) is 0 Å². The first-order valence-electron chi connectivity index (χ1n) is 9.05. The molecule has 1 aliphatic rings. The van der Waals surface area contributed by atoms with Crippen molar-refractivity contribution in [3.63, 3.8) is 0 Å². The highest BCUT2D eigenvalue weighted by molar-refractivity contribution is 6.05. The Morgan fingerprint density at radius 1 is 0.852 bits per heavy atom. The van der Waals surface area contributed by atoms with Crippen molar-refractivity contribution in [1.29, 1.82) is 0 Å². The lowest BCUT2D eigenvalue weighted by atomic mass is 9.93. The Morgan fingerprint density at radius 2 is 1.44 bits per heavy atom. The van der Waals surface area contributed by atoms with Crippen LogP contribution < -0.4 is 0 Å². The van der Waals surface area contributed by atoms with Gasteiger partial charge in [0.15, 0.2) is 5.76 Å². The molecule has 0 bridgehead atoms. The zero-order valence-corrected chi connectivity index (χ0v) is 15.2. The number of carbonyl (C=O) groups excluding carboxylic acids is 1. The van der Waals surface area contributed by atoms with Crippen molar-refractivity contribution in [2.45, 2.75) is 19.5 Å². The van der Waals surface area contributed by atoms with Crippen molar-refractivity contribution >= 4 is 11.5 Å². The lowest BCUT2D eigenvalue weighted by Gasteiger charge is -2.27. The number of benzene rings is 3. The second-order valence-electron chi connectivity index (χ2n) is 6.86. The van der Waals surface area contributed by atoms with Crippen LogP contribution in [0.15, 0.2) is 90.7 Å². The lowest BCUT2D eigenvalue weighted by Crippen LogP contribution is -2.29. The average molecular weight is 355 g/mol. The van der Waals surface area contributed by atoms with Gasteiger partial charge in [0.1, 0.15) is 0 Å². The molecule has 3 heteroatoms. The van der Waals surface area contributed by atoms with E-state index in [1.807, 2.05) is 91.9 Å². The van der Waals surface area contributed by atoms with Gasteiger partial charge in [-0.1, -0.05) is 90.5 Å². The fraction of sp³-hybridized carbons (Fsp3) is 0.125. The van der Waals surface area contributed by atoms with Gasteiger partial charge in [-0.3, -0.25) is 4.79 Å². The molecule has 1 heterocycles. The molecule has 0 spiro atoms. The van der Waals surface area contributed by atoms with Crippen LogP contribution in [-0.2, 0) is 11.3 Å². The Morgan fingerprint density at radius 3 is 2.07 bits per heavy atom. The number of nitrogens with zero attached hydrogens (tertiary/aromatic N) is 1. The number of aliphatic hydroxyl groups is 1. The van der Waals surface area contributed by atoms with Crippen molar-refractivity contribution in [1.82, 2.24) is 4.90 Å². The van der Waals surface area contributed by atoms with Crippen molar-refractivity contribution in [3.05, 3.63) is 113 Å². The topological polar surface area (TPSA) is 40.5 Å². The quantitative estimate of drug-likeness (QED) is 0.711. The normalized spacial score (nSPS) is 16.9. The van der Waals surface area contributed by atoms with E-state index < -0.39 is 0 Å². The van der Waals surface area contributed by atoms with Crippen LogP contribution >= 0.6 is 0 Å². The summed E-state index contributed by atoms with van der Waals surface area (Å²) in [6.45, 7) is 2.48. The highest BCUT2D eigenvalue weighted by atomic mass is 16.3. The van der Waals surface area contributed by atoms with Crippen LogP contribution in [-0.4, -0.2) is 15.9 Å². The van der Waals surface area contributed by atoms with E-state index in [0.29, 0.717) is 12.1 Å². The van der Waals surface area contributed by atoms with Gasteiger partial charge in [0, 0.05) is 12.1 Å². The minimum atomic E-state index is -0.330. The summed E-state index contributed by atoms with van der Waals surface area (Å²) in [5.41, 5.74) is 4.73. The van der Waals surface area contributed by atoms with Crippen LogP contribution in [0.5, 0.6) is 0 Å². The maximum Gasteiger partial charge on any atom is 0.290 e. The van der Waals surface area contributed by atoms with Gasteiger partial charge < -0.3 is 10.0 Å². The third-order valence-electron chi connectivity index (χ3n) is 4.98. The Hall–Kier alpha value is -3.33. The van der Waals surface area contributed by atoms with Gasteiger partial charge >= 0.3 is 0 Å². The molecule has 0 aliphatic carbocycles. The molecule has 0 fully saturated rings. The summed E-state index contributed by atoms with van der Waals surface area (Å²) in [7, 11) is 0.